The number of methoxy groups -OCH3 is 2. The fourth-order valence-corrected chi connectivity index (χ4v) is 4.34. The lowest BCUT2D eigenvalue weighted by Crippen LogP contribution is -2.21. The quantitative estimate of drug-likeness (QED) is 0.904. The van der Waals surface area contributed by atoms with Gasteiger partial charge >= 0.3 is 0 Å². The maximum Gasteiger partial charge on any atom is 0.161 e. The summed E-state index contributed by atoms with van der Waals surface area (Å²) in [5.41, 5.74) is 0.997. The molecule has 0 atom stereocenters. The number of nitrogens with one attached hydrogen (secondary N) is 1. The van der Waals surface area contributed by atoms with E-state index >= 15 is 0 Å². The van der Waals surface area contributed by atoms with Crippen molar-refractivity contribution in [3.8, 4) is 11.5 Å². The summed E-state index contributed by atoms with van der Waals surface area (Å²) >= 11 is 7.91. The molecule has 114 valence electrons. The van der Waals surface area contributed by atoms with E-state index in [4.69, 9.17) is 26.1 Å². The first-order valence-electron chi connectivity index (χ1n) is 7.07. The number of halogens is 1. The zero-order chi connectivity index (χ0) is 14.9. The van der Waals surface area contributed by atoms with Crippen LogP contribution in [0.3, 0.4) is 0 Å². The third-order valence-electron chi connectivity index (χ3n) is 4.07. The van der Waals surface area contributed by atoms with E-state index in [2.05, 4.69) is 5.32 Å². The lowest BCUT2D eigenvalue weighted by Gasteiger charge is -2.16. The van der Waals surface area contributed by atoms with Gasteiger partial charge in [-0.2, -0.15) is 0 Å². The number of hydrogen-bond donors (Lipinski definition) is 1. The zero-order valence-corrected chi connectivity index (χ0v) is 13.8. The third-order valence-corrected chi connectivity index (χ3v) is 5.51. The second-order valence-corrected chi connectivity index (χ2v) is 6.82. The summed E-state index contributed by atoms with van der Waals surface area (Å²) in [6, 6.07) is 3.61. The number of thioether (sulfide) groups is 1. The minimum absolute atomic E-state index is 0.163. The summed E-state index contributed by atoms with van der Waals surface area (Å²) in [7, 11) is 3.23. The Kier molecular flexibility index (Phi) is 4.22. The van der Waals surface area contributed by atoms with E-state index in [-0.39, 0.29) is 5.54 Å². The number of aliphatic imine (C=N–C) groups is 1. The van der Waals surface area contributed by atoms with Gasteiger partial charge in [-0.05, 0) is 12.8 Å². The first-order chi connectivity index (χ1) is 10.2. The van der Waals surface area contributed by atoms with Gasteiger partial charge in [-0.3, -0.25) is 4.99 Å². The number of nitrogens with zero attached hydrogens (tertiary/aromatic N) is 1. The molecule has 4 nitrogen and oxygen atoms in total. The molecule has 21 heavy (non-hydrogen) atoms. The lowest BCUT2D eigenvalue weighted by molar-refractivity contribution is 0.405. The molecule has 1 aromatic carbocycles. The predicted molar refractivity (Wildman–Crippen MR) is 89.3 cm³/mol. The molecule has 0 bridgehead atoms. The van der Waals surface area contributed by atoms with Crippen molar-refractivity contribution >= 4 is 34.2 Å². The molecule has 1 N–H and O–H groups in total. The minimum atomic E-state index is 0.163. The van der Waals surface area contributed by atoms with Gasteiger partial charge in [0.15, 0.2) is 5.17 Å². The molecule has 0 aromatic heterocycles. The maximum absolute atomic E-state index is 6.13. The first-order valence-corrected chi connectivity index (χ1v) is 8.43. The summed E-state index contributed by atoms with van der Waals surface area (Å²) < 4.78 is 10.7. The van der Waals surface area contributed by atoms with Crippen molar-refractivity contribution in [2.75, 3.05) is 25.3 Å². The van der Waals surface area contributed by atoms with E-state index in [9.17, 15) is 0 Å². The van der Waals surface area contributed by atoms with Crippen LogP contribution in [0.2, 0.25) is 5.02 Å². The van der Waals surface area contributed by atoms with Crippen molar-refractivity contribution in [3.63, 3.8) is 0 Å². The van der Waals surface area contributed by atoms with Gasteiger partial charge in [0.2, 0.25) is 0 Å². The van der Waals surface area contributed by atoms with E-state index in [1.165, 1.54) is 25.7 Å². The first kappa shape index (κ1) is 14.9. The fraction of sp³-hybridized carbons (Fsp3) is 0.533. The molecule has 1 aromatic rings. The van der Waals surface area contributed by atoms with Crippen LogP contribution < -0.4 is 14.8 Å². The molecule has 1 heterocycles. The monoisotopic (exact) mass is 326 g/mol. The van der Waals surface area contributed by atoms with E-state index < -0.39 is 0 Å². The highest BCUT2D eigenvalue weighted by molar-refractivity contribution is 8.14. The molecule has 1 fully saturated rings. The maximum atomic E-state index is 6.13. The second kappa shape index (κ2) is 5.97. The molecule has 0 unspecified atom stereocenters. The van der Waals surface area contributed by atoms with Crippen LogP contribution >= 0.6 is 23.4 Å². The van der Waals surface area contributed by atoms with Gasteiger partial charge in [0.25, 0.3) is 0 Å². The molecule has 1 spiro atoms. The van der Waals surface area contributed by atoms with E-state index in [0.29, 0.717) is 16.5 Å². The molecule has 2 aliphatic rings. The van der Waals surface area contributed by atoms with Crippen LogP contribution in [0.25, 0.3) is 0 Å². The number of ether oxygens (including phenoxy) is 2. The average Bonchev–Trinajstić information content (AvgIpc) is 3.11. The van der Waals surface area contributed by atoms with Crippen molar-refractivity contribution in [3.05, 3.63) is 17.2 Å². The summed E-state index contributed by atoms with van der Waals surface area (Å²) in [5.74, 6) is 2.39. The topological polar surface area (TPSA) is 42.8 Å². The predicted octanol–water partition coefficient (Wildman–Crippen LogP) is 4.18. The Morgan fingerprint density at radius 3 is 2.57 bits per heavy atom. The molecule has 6 heteroatoms. The SMILES string of the molecule is COc1cc(NC2=NC3(CCCC3)CS2)c(OC)cc1Cl. The Bertz CT molecular complexity index is 571. The highest BCUT2D eigenvalue weighted by Gasteiger charge is 2.38. The van der Waals surface area contributed by atoms with Crippen LogP contribution in [0.15, 0.2) is 17.1 Å². The summed E-state index contributed by atoms with van der Waals surface area (Å²) in [6.07, 6.45) is 4.98. The Morgan fingerprint density at radius 1 is 1.19 bits per heavy atom. The average molecular weight is 327 g/mol. The fourth-order valence-electron chi connectivity index (χ4n) is 2.91. The third kappa shape index (κ3) is 2.94. The largest absolute Gasteiger partial charge is 0.495 e. The van der Waals surface area contributed by atoms with Crippen LogP contribution in [-0.2, 0) is 0 Å². The van der Waals surface area contributed by atoms with Crippen molar-refractivity contribution in [1.82, 2.24) is 0 Å². The molecular formula is C15H19ClN2O2S. The number of anilines is 1. The Labute approximate surface area is 134 Å². The Morgan fingerprint density at radius 2 is 1.90 bits per heavy atom. The molecular weight excluding hydrogens is 308 g/mol. The van der Waals surface area contributed by atoms with Gasteiger partial charge in [-0.25, -0.2) is 0 Å². The Hall–Kier alpha value is -1.07. The summed E-state index contributed by atoms with van der Waals surface area (Å²) in [6.45, 7) is 0. The number of benzene rings is 1. The van der Waals surface area contributed by atoms with Crippen LogP contribution in [0, 0.1) is 0 Å². The van der Waals surface area contributed by atoms with E-state index in [1.807, 2.05) is 6.07 Å². The molecule has 1 saturated carbocycles. The zero-order valence-electron chi connectivity index (χ0n) is 12.2. The van der Waals surface area contributed by atoms with Gasteiger partial charge in [0.05, 0.1) is 30.5 Å². The summed E-state index contributed by atoms with van der Waals surface area (Å²) in [5, 5.41) is 4.86. The van der Waals surface area contributed by atoms with E-state index in [0.717, 1.165) is 16.6 Å². The molecule has 3 rings (SSSR count). The highest BCUT2D eigenvalue weighted by atomic mass is 35.5. The smallest absolute Gasteiger partial charge is 0.161 e. The van der Waals surface area contributed by atoms with Crippen molar-refractivity contribution in [2.45, 2.75) is 31.2 Å². The van der Waals surface area contributed by atoms with Crippen LogP contribution in [-0.4, -0.2) is 30.7 Å². The number of hydrogen-bond acceptors (Lipinski definition) is 5. The van der Waals surface area contributed by atoms with Crippen molar-refractivity contribution in [1.29, 1.82) is 0 Å². The van der Waals surface area contributed by atoms with Gasteiger partial charge in [-0.15, -0.1) is 0 Å². The molecule has 0 saturated heterocycles. The number of rotatable bonds is 3. The Balaban J connectivity index is 1.84. The summed E-state index contributed by atoms with van der Waals surface area (Å²) in [4.78, 5) is 4.91. The molecule has 1 aliphatic carbocycles. The highest BCUT2D eigenvalue weighted by Crippen LogP contribution is 2.42. The van der Waals surface area contributed by atoms with Crippen LogP contribution in [0.1, 0.15) is 25.7 Å². The minimum Gasteiger partial charge on any atom is -0.495 e. The molecule has 0 radical (unpaired) electrons. The second-order valence-electron chi connectivity index (χ2n) is 5.45. The van der Waals surface area contributed by atoms with Gasteiger partial charge in [-0.1, -0.05) is 36.2 Å². The molecule has 1 aliphatic heterocycles. The normalized spacial score (nSPS) is 19.7. The van der Waals surface area contributed by atoms with E-state index in [1.54, 1.807) is 32.0 Å². The lowest BCUT2D eigenvalue weighted by atomic mass is 10.0. The van der Waals surface area contributed by atoms with Crippen LogP contribution in [0.5, 0.6) is 11.5 Å². The van der Waals surface area contributed by atoms with Crippen molar-refractivity contribution < 1.29 is 9.47 Å². The van der Waals surface area contributed by atoms with Crippen molar-refractivity contribution in [2.24, 2.45) is 4.99 Å². The van der Waals surface area contributed by atoms with Gasteiger partial charge in [0.1, 0.15) is 11.5 Å². The van der Waals surface area contributed by atoms with Gasteiger partial charge in [0, 0.05) is 17.9 Å². The molecule has 0 amide bonds. The van der Waals surface area contributed by atoms with Gasteiger partial charge < -0.3 is 14.8 Å². The number of amidine groups is 1. The standard InChI is InChI=1S/C15H19ClN2O2S/c1-19-12-8-11(13(20-2)7-10(12)16)17-14-18-15(9-21-14)5-3-4-6-15/h7-8H,3-6,9H2,1-2H3,(H,17,18). The van der Waals surface area contributed by atoms with Crippen LogP contribution in [0.4, 0.5) is 5.69 Å².